The number of hydrogen-bond acceptors (Lipinski definition) is 2. The summed E-state index contributed by atoms with van der Waals surface area (Å²) in [5.74, 6) is 0.101. The predicted molar refractivity (Wildman–Crippen MR) is 65.0 cm³/mol. The summed E-state index contributed by atoms with van der Waals surface area (Å²) in [6.07, 6.45) is -4.42. The van der Waals surface area contributed by atoms with E-state index in [1.165, 1.54) is 14.0 Å². The van der Waals surface area contributed by atoms with Crippen molar-refractivity contribution in [1.82, 2.24) is 4.90 Å². The van der Waals surface area contributed by atoms with Crippen molar-refractivity contribution in [2.24, 2.45) is 0 Å². The normalized spacial score (nSPS) is 11.2. The van der Waals surface area contributed by atoms with E-state index in [1.54, 1.807) is 24.3 Å². The maximum absolute atomic E-state index is 12.3. The van der Waals surface area contributed by atoms with Gasteiger partial charge in [-0.2, -0.15) is 13.2 Å². The topological polar surface area (TPSA) is 29.5 Å². The molecule has 1 amide bonds. The number of amides is 1. The summed E-state index contributed by atoms with van der Waals surface area (Å²) in [7, 11) is 1.52. The molecule has 0 heterocycles. The number of alkyl halides is 3. The second-order valence-corrected chi connectivity index (χ2v) is 4.05. The van der Waals surface area contributed by atoms with Crippen molar-refractivity contribution in [2.45, 2.75) is 19.5 Å². The van der Waals surface area contributed by atoms with E-state index in [2.05, 4.69) is 0 Å². The molecule has 0 unspecified atom stereocenters. The van der Waals surface area contributed by atoms with Crippen LogP contribution in [-0.2, 0) is 11.2 Å². The average Bonchev–Trinajstić information content (AvgIpc) is 2.35. The molecular weight excluding hydrogens is 259 g/mol. The highest BCUT2D eigenvalue weighted by Crippen LogP contribution is 2.18. The molecule has 1 aromatic rings. The number of benzene rings is 1. The molecule has 1 aromatic carbocycles. The van der Waals surface area contributed by atoms with Crippen molar-refractivity contribution in [3.63, 3.8) is 0 Å². The van der Waals surface area contributed by atoms with E-state index in [0.29, 0.717) is 11.3 Å². The molecule has 19 heavy (non-hydrogen) atoms. The summed E-state index contributed by atoms with van der Waals surface area (Å²) >= 11 is 0. The van der Waals surface area contributed by atoms with E-state index in [0.717, 1.165) is 4.90 Å². The summed E-state index contributed by atoms with van der Waals surface area (Å²) in [6.45, 7) is 0.352. The number of hydrogen-bond donors (Lipinski definition) is 0. The Bertz CT molecular complexity index is 415. The molecule has 0 aliphatic heterocycles. The summed E-state index contributed by atoms with van der Waals surface area (Å²) in [6, 6.07) is 6.67. The molecule has 106 valence electrons. The zero-order valence-corrected chi connectivity index (χ0v) is 10.8. The summed E-state index contributed by atoms with van der Waals surface area (Å²) in [4.78, 5) is 12.6. The number of halogens is 3. The fraction of sp³-hybridized carbons (Fsp3) is 0.462. The Labute approximate surface area is 110 Å². The number of likely N-dealkylation sites (N-methyl/N-ethyl adjacent to an activating group) is 1. The molecular formula is C13H16F3NO2. The van der Waals surface area contributed by atoms with Crippen molar-refractivity contribution in [2.75, 3.05) is 20.2 Å². The molecule has 0 saturated carbocycles. The van der Waals surface area contributed by atoms with E-state index in [4.69, 9.17) is 4.74 Å². The van der Waals surface area contributed by atoms with Crippen LogP contribution in [0, 0.1) is 0 Å². The Morgan fingerprint density at radius 1 is 1.26 bits per heavy atom. The number of carbonyl (C=O) groups excluding carboxylic acids is 1. The van der Waals surface area contributed by atoms with Gasteiger partial charge in [0.25, 0.3) is 0 Å². The lowest BCUT2D eigenvalue weighted by molar-refractivity contribution is -0.160. The minimum absolute atomic E-state index is 0.0362. The predicted octanol–water partition coefficient (Wildman–Crippen LogP) is 2.65. The minimum atomic E-state index is -4.37. The van der Waals surface area contributed by atoms with Crippen LogP contribution in [0.2, 0.25) is 0 Å². The Balaban J connectivity index is 2.65. The highest BCUT2D eigenvalue weighted by atomic mass is 19.4. The first-order chi connectivity index (χ1) is 8.85. The van der Waals surface area contributed by atoms with Crippen molar-refractivity contribution < 1.29 is 22.7 Å². The number of carbonyl (C=O) groups is 1. The lowest BCUT2D eigenvalue weighted by Gasteiger charge is -2.22. The standard InChI is InChI=1S/C13H16F3NO2/c1-3-17(9-13(14,15)16)12(18)8-10-4-6-11(19-2)7-5-10/h4-7H,3,8-9H2,1-2H3. The van der Waals surface area contributed by atoms with Crippen LogP contribution < -0.4 is 4.74 Å². The van der Waals surface area contributed by atoms with E-state index in [9.17, 15) is 18.0 Å². The van der Waals surface area contributed by atoms with Crippen LogP contribution in [0.5, 0.6) is 5.75 Å². The number of methoxy groups -OCH3 is 1. The summed E-state index contributed by atoms with van der Waals surface area (Å²) in [5, 5.41) is 0. The van der Waals surface area contributed by atoms with Crippen LogP contribution in [-0.4, -0.2) is 37.2 Å². The van der Waals surface area contributed by atoms with Gasteiger partial charge >= 0.3 is 6.18 Å². The van der Waals surface area contributed by atoms with Crippen LogP contribution in [0.25, 0.3) is 0 Å². The first kappa shape index (κ1) is 15.3. The molecule has 0 saturated heterocycles. The fourth-order valence-corrected chi connectivity index (χ4v) is 1.62. The zero-order chi connectivity index (χ0) is 14.5. The monoisotopic (exact) mass is 275 g/mol. The van der Waals surface area contributed by atoms with Gasteiger partial charge in [0, 0.05) is 6.54 Å². The van der Waals surface area contributed by atoms with Gasteiger partial charge in [-0.15, -0.1) is 0 Å². The quantitative estimate of drug-likeness (QED) is 0.826. The average molecular weight is 275 g/mol. The molecule has 0 atom stereocenters. The van der Waals surface area contributed by atoms with Gasteiger partial charge in [-0.3, -0.25) is 4.79 Å². The van der Waals surface area contributed by atoms with Gasteiger partial charge in [-0.1, -0.05) is 12.1 Å². The molecule has 0 aliphatic rings. The molecule has 0 aliphatic carbocycles. The maximum atomic E-state index is 12.3. The van der Waals surface area contributed by atoms with Gasteiger partial charge in [0.1, 0.15) is 12.3 Å². The van der Waals surface area contributed by atoms with E-state index < -0.39 is 18.6 Å². The van der Waals surface area contributed by atoms with E-state index >= 15 is 0 Å². The van der Waals surface area contributed by atoms with Gasteiger partial charge in [0.15, 0.2) is 0 Å². The third-order valence-electron chi connectivity index (χ3n) is 2.62. The van der Waals surface area contributed by atoms with Crippen molar-refractivity contribution >= 4 is 5.91 Å². The van der Waals surface area contributed by atoms with Crippen LogP contribution in [0.4, 0.5) is 13.2 Å². The van der Waals surface area contributed by atoms with E-state index in [1.807, 2.05) is 0 Å². The molecule has 3 nitrogen and oxygen atoms in total. The number of rotatable bonds is 5. The highest BCUT2D eigenvalue weighted by Gasteiger charge is 2.32. The van der Waals surface area contributed by atoms with Crippen LogP contribution in [0.3, 0.4) is 0 Å². The zero-order valence-electron chi connectivity index (χ0n) is 10.8. The Morgan fingerprint density at radius 2 is 1.84 bits per heavy atom. The van der Waals surface area contributed by atoms with E-state index in [-0.39, 0.29) is 13.0 Å². The Hall–Kier alpha value is -1.72. The number of nitrogens with zero attached hydrogens (tertiary/aromatic N) is 1. The Kier molecular flexibility index (Phi) is 5.20. The van der Waals surface area contributed by atoms with Crippen LogP contribution >= 0.6 is 0 Å². The van der Waals surface area contributed by atoms with Crippen LogP contribution in [0.1, 0.15) is 12.5 Å². The van der Waals surface area contributed by atoms with Gasteiger partial charge < -0.3 is 9.64 Å². The molecule has 6 heteroatoms. The highest BCUT2D eigenvalue weighted by molar-refractivity contribution is 5.78. The van der Waals surface area contributed by atoms with Crippen molar-refractivity contribution in [1.29, 1.82) is 0 Å². The molecule has 1 rings (SSSR count). The second-order valence-electron chi connectivity index (χ2n) is 4.05. The molecule has 0 spiro atoms. The molecule has 0 N–H and O–H groups in total. The molecule has 0 radical (unpaired) electrons. The minimum Gasteiger partial charge on any atom is -0.497 e. The Morgan fingerprint density at radius 3 is 2.26 bits per heavy atom. The smallest absolute Gasteiger partial charge is 0.406 e. The number of ether oxygens (including phenoxy) is 1. The van der Waals surface area contributed by atoms with Gasteiger partial charge in [0.2, 0.25) is 5.91 Å². The fourth-order valence-electron chi connectivity index (χ4n) is 1.62. The second kappa shape index (κ2) is 6.45. The third kappa shape index (κ3) is 5.19. The first-order valence-corrected chi connectivity index (χ1v) is 5.83. The third-order valence-corrected chi connectivity index (χ3v) is 2.62. The van der Waals surface area contributed by atoms with Gasteiger partial charge in [-0.05, 0) is 24.6 Å². The molecule has 0 fully saturated rings. The summed E-state index contributed by atoms with van der Waals surface area (Å²) < 4.78 is 41.8. The van der Waals surface area contributed by atoms with Gasteiger partial charge in [0.05, 0.1) is 13.5 Å². The van der Waals surface area contributed by atoms with Gasteiger partial charge in [-0.25, -0.2) is 0 Å². The largest absolute Gasteiger partial charge is 0.497 e. The molecule has 0 aromatic heterocycles. The molecule has 0 bridgehead atoms. The summed E-state index contributed by atoms with van der Waals surface area (Å²) in [5.41, 5.74) is 0.659. The first-order valence-electron chi connectivity index (χ1n) is 5.83. The lowest BCUT2D eigenvalue weighted by Crippen LogP contribution is -2.39. The van der Waals surface area contributed by atoms with Crippen LogP contribution in [0.15, 0.2) is 24.3 Å². The maximum Gasteiger partial charge on any atom is 0.406 e. The van der Waals surface area contributed by atoms with Crippen molar-refractivity contribution in [3.8, 4) is 5.75 Å². The lowest BCUT2D eigenvalue weighted by atomic mass is 10.1. The van der Waals surface area contributed by atoms with Crippen molar-refractivity contribution in [3.05, 3.63) is 29.8 Å². The SMILES string of the molecule is CCN(CC(F)(F)F)C(=O)Cc1ccc(OC)cc1.